The van der Waals surface area contributed by atoms with Crippen molar-refractivity contribution >= 4 is 22.9 Å². The Labute approximate surface area is 119 Å². The van der Waals surface area contributed by atoms with Gasteiger partial charge in [-0.3, -0.25) is 4.98 Å². The molecule has 0 spiro atoms. The van der Waals surface area contributed by atoms with Crippen LogP contribution in [-0.4, -0.2) is 21.0 Å². The van der Waals surface area contributed by atoms with E-state index in [4.69, 9.17) is 9.84 Å². The first-order valence-electron chi connectivity index (χ1n) is 6.41. The van der Waals surface area contributed by atoms with Gasteiger partial charge in [-0.25, -0.2) is 4.79 Å². The third kappa shape index (κ3) is 1.71. The van der Waals surface area contributed by atoms with Crippen molar-refractivity contribution < 1.29 is 14.6 Å². The highest BCUT2D eigenvalue weighted by molar-refractivity contribution is 5.97. The Bertz CT molecular complexity index is 909. The molecule has 0 saturated heterocycles. The molecule has 1 aliphatic heterocycles. The molecule has 1 aromatic carbocycles. The van der Waals surface area contributed by atoms with Crippen LogP contribution in [0.15, 0.2) is 42.9 Å². The monoisotopic (exact) mass is 278 g/mol. The van der Waals surface area contributed by atoms with Crippen molar-refractivity contribution in [3.63, 3.8) is 0 Å². The molecule has 0 amide bonds. The van der Waals surface area contributed by atoms with Crippen molar-refractivity contribution in [3.8, 4) is 17.0 Å². The van der Waals surface area contributed by atoms with Crippen LogP contribution >= 0.6 is 0 Å². The molecule has 1 aliphatic rings. The summed E-state index contributed by atoms with van der Waals surface area (Å²) in [6.45, 7) is 0. The fraction of sp³-hybridized carbons (Fsp3) is 0. The Morgan fingerprint density at radius 2 is 2.19 bits per heavy atom. The summed E-state index contributed by atoms with van der Waals surface area (Å²) >= 11 is 0. The zero-order valence-electron chi connectivity index (χ0n) is 10.8. The molecule has 0 saturated carbocycles. The summed E-state index contributed by atoms with van der Waals surface area (Å²) < 4.78 is 5.53. The van der Waals surface area contributed by atoms with Crippen LogP contribution in [0.3, 0.4) is 0 Å². The van der Waals surface area contributed by atoms with Crippen LogP contribution in [0, 0.1) is 0 Å². The van der Waals surface area contributed by atoms with E-state index in [2.05, 4.69) is 9.97 Å². The molecule has 2 aromatic heterocycles. The van der Waals surface area contributed by atoms with Gasteiger partial charge < -0.3 is 14.8 Å². The summed E-state index contributed by atoms with van der Waals surface area (Å²) in [5.74, 6) is -0.580. The van der Waals surface area contributed by atoms with Crippen LogP contribution in [0.4, 0.5) is 0 Å². The van der Waals surface area contributed by atoms with Crippen molar-refractivity contribution in [1.82, 2.24) is 9.97 Å². The van der Waals surface area contributed by atoms with Gasteiger partial charge in [-0.1, -0.05) is 0 Å². The second-order valence-electron chi connectivity index (χ2n) is 4.76. The smallest absolute Gasteiger partial charge is 0.337 e. The lowest BCUT2D eigenvalue weighted by Gasteiger charge is -2.08. The van der Waals surface area contributed by atoms with Crippen molar-refractivity contribution in [2.24, 2.45) is 0 Å². The van der Waals surface area contributed by atoms with Crippen molar-refractivity contribution in [2.75, 3.05) is 0 Å². The van der Waals surface area contributed by atoms with Gasteiger partial charge >= 0.3 is 5.97 Å². The second-order valence-corrected chi connectivity index (χ2v) is 4.76. The minimum Gasteiger partial charge on any atom is -0.478 e. The predicted octanol–water partition coefficient (Wildman–Crippen LogP) is 3.29. The third-order valence-electron chi connectivity index (χ3n) is 3.56. The molecule has 3 aromatic rings. The maximum absolute atomic E-state index is 11.0. The minimum atomic E-state index is -1.02. The van der Waals surface area contributed by atoms with Crippen LogP contribution < -0.4 is 4.74 Å². The van der Waals surface area contributed by atoms with E-state index >= 15 is 0 Å². The molecule has 3 heterocycles. The second kappa shape index (κ2) is 4.21. The number of nitrogens with zero attached hydrogens (tertiary/aromatic N) is 1. The van der Waals surface area contributed by atoms with E-state index in [1.165, 1.54) is 12.3 Å². The fourth-order valence-electron chi connectivity index (χ4n) is 2.57. The molecule has 0 bridgehead atoms. The minimum absolute atomic E-state index is 0.105. The Hall–Kier alpha value is -3.08. The number of hydrogen-bond donors (Lipinski definition) is 2. The average molecular weight is 278 g/mol. The summed E-state index contributed by atoms with van der Waals surface area (Å²) in [6.07, 6.45) is 6.66. The van der Waals surface area contributed by atoms with E-state index in [9.17, 15) is 4.79 Å². The van der Waals surface area contributed by atoms with E-state index < -0.39 is 5.97 Å². The Morgan fingerprint density at radius 1 is 1.29 bits per heavy atom. The Balaban J connectivity index is 2.02. The normalized spacial score (nSPS) is 12.4. The summed E-state index contributed by atoms with van der Waals surface area (Å²) in [5.41, 5.74) is 3.70. The lowest BCUT2D eigenvalue weighted by Crippen LogP contribution is -1.99. The van der Waals surface area contributed by atoms with Gasteiger partial charge in [0.1, 0.15) is 5.69 Å². The molecule has 0 fully saturated rings. The van der Waals surface area contributed by atoms with E-state index in [0.29, 0.717) is 11.4 Å². The fourth-order valence-corrected chi connectivity index (χ4v) is 2.57. The third-order valence-corrected chi connectivity index (χ3v) is 3.56. The largest absolute Gasteiger partial charge is 0.478 e. The van der Waals surface area contributed by atoms with Gasteiger partial charge in [-0.2, -0.15) is 0 Å². The van der Waals surface area contributed by atoms with Gasteiger partial charge in [0.25, 0.3) is 0 Å². The molecule has 0 atom stereocenters. The molecule has 4 rings (SSSR count). The highest BCUT2D eigenvalue weighted by atomic mass is 16.5. The number of aromatic nitrogens is 2. The first-order valence-corrected chi connectivity index (χ1v) is 6.41. The number of benzene rings is 1. The maximum Gasteiger partial charge on any atom is 0.337 e. The lowest BCUT2D eigenvalue weighted by atomic mass is 9.99. The molecular formula is C16H10N2O3. The Morgan fingerprint density at radius 3 is 3.05 bits per heavy atom. The molecule has 0 radical (unpaired) electrons. The highest BCUT2D eigenvalue weighted by Gasteiger charge is 2.18. The molecule has 0 unspecified atom stereocenters. The molecule has 102 valence electrons. The first-order chi connectivity index (χ1) is 10.2. The maximum atomic E-state index is 11.0. The van der Waals surface area contributed by atoms with E-state index in [0.717, 1.165) is 22.0 Å². The van der Waals surface area contributed by atoms with Gasteiger partial charge in [-0.15, -0.1) is 0 Å². The van der Waals surface area contributed by atoms with Crippen molar-refractivity contribution in [1.29, 1.82) is 0 Å². The molecule has 5 heteroatoms. The number of carboxylic acids is 1. The molecule has 21 heavy (non-hydrogen) atoms. The number of carbonyl (C=O) groups is 1. The quantitative estimate of drug-likeness (QED) is 0.716. The molecule has 0 aliphatic carbocycles. The van der Waals surface area contributed by atoms with Crippen molar-refractivity contribution in [2.45, 2.75) is 0 Å². The van der Waals surface area contributed by atoms with Crippen molar-refractivity contribution in [3.05, 3.63) is 54.0 Å². The predicted molar refractivity (Wildman–Crippen MR) is 78.2 cm³/mol. The van der Waals surface area contributed by atoms with E-state index in [1.807, 2.05) is 30.5 Å². The summed E-state index contributed by atoms with van der Waals surface area (Å²) in [5, 5.41) is 10.1. The van der Waals surface area contributed by atoms with Gasteiger partial charge in [0.2, 0.25) is 0 Å². The number of aromatic amines is 1. The highest BCUT2D eigenvalue weighted by Crippen LogP contribution is 2.37. The van der Waals surface area contributed by atoms with Gasteiger partial charge in [-0.05, 0) is 35.9 Å². The van der Waals surface area contributed by atoms with Crippen LogP contribution in [0.1, 0.15) is 15.9 Å². The summed E-state index contributed by atoms with van der Waals surface area (Å²) in [7, 11) is 0. The zero-order chi connectivity index (χ0) is 14.4. The number of carboxylic acid groups (broad SMARTS) is 1. The zero-order valence-corrected chi connectivity index (χ0v) is 10.8. The first kappa shape index (κ1) is 11.7. The molecular weight excluding hydrogens is 268 g/mol. The summed E-state index contributed by atoms with van der Waals surface area (Å²) in [4.78, 5) is 18.5. The number of aromatic carboxylic acids is 1. The van der Waals surface area contributed by atoms with Crippen LogP contribution in [0.25, 0.3) is 28.2 Å². The van der Waals surface area contributed by atoms with Gasteiger partial charge in [0.05, 0.1) is 11.8 Å². The van der Waals surface area contributed by atoms with E-state index in [1.54, 1.807) is 6.26 Å². The van der Waals surface area contributed by atoms with Gasteiger partial charge in [0.15, 0.2) is 5.75 Å². The number of ether oxygens (including phenoxy) is 1. The number of fused-ring (bicyclic) bond motifs is 5. The van der Waals surface area contributed by atoms with Crippen LogP contribution in [0.2, 0.25) is 0 Å². The SMILES string of the molecule is O=C(O)c1cnc2c(c1)OC=Cc1c-2ccc2[nH]ccc12. The Kier molecular flexibility index (Phi) is 2.35. The van der Waals surface area contributed by atoms with Crippen LogP contribution in [0.5, 0.6) is 5.75 Å². The number of rotatable bonds is 1. The average Bonchev–Trinajstić information content (AvgIpc) is 2.88. The standard InChI is InChI=1S/C16H10N2O3/c19-16(20)9-7-14-15(18-8-9)12-1-2-13-11(3-5-17-13)10(12)4-6-21-14/h1-8,17H,(H,19,20). The number of pyridine rings is 1. The lowest BCUT2D eigenvalue weighted by molar-refractivity contribution is 0.0696. The topological polar surface area (TPSA) is 75.2 Å². The number of H-pyrrole nitrogens is 1. The number of nitrogens with one attached hydrogen (secondary N) is 1. The molecule has 2 N–H and O–H groups in total. The van der Waals surface area contributed by atoms with Gasteiger partial charge in [0, 0.05) is 28.9 Å². The van der Waals surface area contributed by atoms with Crippen LogP contribution in [-0.2, 0) is 0 Å². The van der Waals surface area contributed by atoms with E-state index in [-0.39, 0.29) is 5.56 Å². The molecule has 5 nitrogen and oxygen atoms in total. The number of hydrogen-bond acceptors (Lipinski definition) is 3. The summed E-state index contributed by atoms with van der Waals surface area (Å²) in [6, 6.07) is 7.42.